The van der Waals surface area contributed by atoms with Crippen molar-refractivity contribution < 1.29 is 19.7 Å². The Kier molecular flexibility index (Phi) is 3.43. The number of rotatable bonds is 4. The Labute approximate surface area is 110 Å². The number of carboxylic acid groups (broad SMARTS) is 1. The van der Waals surface area contributed by atoms with E-state index < -0.39 is 10.9 Å². The summed E-state index contributed by atoms with van der Waals surface area (Å²) in [6.45, 7) is 0. The molecule has 0 bridgehead atoms. The van der Waals surface area contributed by atoms with Crippen molar-refractivity contribution in [2.24, 2.45) is 5.16 Å². The highest BCUT2D eigenvalue weighted by molar-refractivity contribution is 7.21. The van der Waals surface area contributed by atoms with Crippen LogP contribution >= 0.6 is 11.3 Å². The molecular formula is C11H8N2O5S. The van der Waals surface area contributed by atoms with Crippen molar-refractivity contribution >= 4 is 38.8 Å². The molecule has 0 saturated carbocycles. The van der Waals surface area contributed by atoms with Crippen molar-refractivity contribution in [2.45, 2.75) is 0 Å². The molecular weight excluding hydrogens is 272 g/mol. The summed E-state index contributed by atoms with van der Waals surface area (Å²) < 4.78 is 0.620. The second kappa shape index (κ2) is 5.02. The van der Waals surface area contributed by atoms with Gasteiger partial charge in [0.25, 0.3) is 5.69 Å². The van der Waals surface area contributed by atoms with E-state index in [2.05, 4.69) is 9.99 Å². The van der Waals surface area contributed by atoms with Crippen LogP contribution in [0.2, 0.25) is 0 Å². The van der Waals surface area contributed by atoms with Crippen LogP contribution in [0.15, 0.2) is 29.4 Å². The number of nitro benzene ring substituents is 1. The summed E-state index contributed by atoms with van der Waals surface area (Å²) in [6.07, 6.45) is 0. The number of nitrogens with zero attached hydrogens (tertiary/aromatic N) is 2. The number of carboxylic acids is 1. The number of fused-ring (bicyclic) bond motifs is 1. The van der Waals surface area contributed by atoms with Crippen LogP contribution in [0.3, 0.4) is 0 Å². The van der Waals surface area contributed by atoms with Gasteiger partial charge < -0.3 is 9.94 Å². The number of carbonyl (C=O) groups is 1. The normalized spacial score (nSPS) is 11.5. The Morgan fingerprint density at radius 2 is 2.26 bits per heavy atom. The van der Waals surface area contributed by atoms with Crippen LogP contribution in [-0.2, 0) is 9.63 Å². The number of aliphatic carboxylic acids is 1. The van der Waals surface area contributed by atoms with Crippen LogP contribution in [-0.4, -0.2) is 28.8 Å². The molecule has 0 aliphatic carbocycles. The molecule has 19 heavy (non-hydrogen) atoms. The number of nitro groups is 1. The fraction of sp³-hybridized carbons (Fsp3) is 0.0909. The molecule has 1 aromatic carbocycles. The second-order valence-electron chi connectivity index (χ2n) is 3.48. The first-order valence-electron chi connectivity index (χ1n) is 5.06. The van der Waals surface area contributed by atoms with Crippen molar-refractivity contribution in [3.63, 3.8) is 0 Å². The van der Waals surface area contributed by atoms with Gasteiger partial charge in [-0.25, -0.2) is 4.79 Å². The zero-order valence-electron chi connectivity index (χ0n) is 9.69. The Morgan fingerprint density at radius 3 is 2.84 bits per heavy atom. The van der Waals surface area contributed by atoms with Crippen LogP contribution in [0, 0.1) is 10.1 Å². The summed E-state index contributed by atoms with van der Waals surface area (Å²) in [5.41, 5.74) is -0.347. The lowest BCUT2D eigenvalue weighted by molar-refractivity contribution is -0.383. The molecule has 0 fully saturated rings. The second-order valence-corrected chi connectivity index (χ2v) is 4.57. The van der Waals surface area contributed by atoms with Crippen molar-refractivity contribution in [1.82, 2.24) is 0 Å². The van der Waals surface area contributed by atoms with Crippen LogP contribution in [0.25, 0.3) is 10.1 Å². The molecule has 0 amide bonds. The van der Waals surface area contributed by atoms with E-state index in [4.69, 9.17) is 5.11 Å². The van der Waals surface area contributed by atoms with Gasteiger partial charge in [-0.15, -0.1) is 11.3 Å². The van der Waals surface area contributed by atoms with Crippen molar-refractivity contribution in [3.05, 3.63) is 39.3 Å². The van der Waals surface area contributed by atoms with Crippen molar-refractivity contribution in [3.8, 4) is 0 Å². The predicted octanol–water partition coefficient (Wildman–Crippen LogP) is 2.24. The quantitative estimate of drug-likeness (QED) is 0.525. The lowest BCUT2D eigenvalue weighted by Gasteiger charge is -1.95. The summed E-state index contributed by atoms with van der Waals surface area (Å²) in [6, 6.07) is 6.04. The molecule has 0 radical (unpaired) electrons. The number of thiophene rings is 1. The SMILES string of the molecule is CON=C(C(=O)O)c1cc2c([N+](=O)[O-])cccc2s1. The van der Waals surface area contributed by atoms with Gasteiger partial charge in [0.15, 0.2) is 0 Å². The first-order valence-corrected chi connectivity index (χ1v) is 5.88. The smallest absolute Gasteiger partial charge is 0.359 e. The van der Waals surface area contributed by atoms with Gasteiger partial charge in [-0.3, -0.25) is 10.1 Å². The summed E-state index contributed by atoms with van der Waals surface area (Å²) in [4.78, 5) is 26.2. The van der Waals surface area contributed by atoms with E-state index in [0.29, 0.717) is 15.0 Å². The molecule has 8 heteroatoms. The van der Waals surface area contributed by atoms with Gasteiger partial charge in [0, 0.05) is 10.8 Å². The lowest BCUT2D eigenvalue weighted by atomic mass is 10.2. The number of benzene rings is 1. The minimum atomic E-state index is -1.25. The molecule has 2 aromatic rings. The Balaban J connectivity index is 2.65. The van der Waals surface area contributed by atoms with E-state index in [-0.39, 0.29) is 11.4 Å². The summed E-state index contributed by atoms with van der Waals surface area (Å²) in [7, 11) is 1.23. The predicted molar refractivity (Wildman–Crippen MR) is 69.7 cm³/mol. The van der Waals surface area contributed by atoms with Crippen LogP contribution < -0.4 is 0 Å². The first kappa shape index (κ1) is 13.0. The van der Waals surface area contributed by atoms with Gasteiger partial charge in [-0.1, -0.05) is 11.2 Å². The third-order valence-corrected chi connectivity index (χ3v) is 3.46. The molecule has 0 unspecified atom stereocenters. The number of hydrogen-bond donors (Lipinski definition) is 1. The van der Waals surface area contributed by atoms with E-state index in [0.717, 1.165) is 11.3 Å². The highest BCUT2D eigenvalue weighted by Gasteiger charge is 2.20. The van der Waals surface area contributed by atoms with Crippen LogP contribution in [0.5, 0.6) is 0 Å². The maximum atomic E-state index is 11.0. The maximum absolute atomic E-state index is 11.0. The maximum Gasteiger partial charge on any atom is 0.359 e. The van der Waals surface area contributed by atoms with E-state index in [1.165, 1.54) is 19.2 Å². The fourth-order valence-electron chi connectivity index (χ4n) is 1.60. The molecule has 2 rings (SSSR count). The van der Waals surface area contributed by atoms with Gasteiger partial charge in [-0.2, -0.15) is 0 Å². The third kappa shape index (κ3) is 2.38. The van der Waals surface area contributed by atoms with Crippen LogP contribution in [0.4, 0.5) is 5.69 Å². The molecule has 0 aliphatic rings. The van der Waals surface area contributed by atoms with E-state index in [1.54, 1.807) is 12.1 Å². The number of hydrogen-bond acceptors (Lipinski definition) is 6. The number of oxime groups is 1. The highest BCUT2D eigenvalue weighted by Crippen LogP contribution is 2.32. The summed E-state index contributed by atoms with van der Waals surface area (Å²) in [5, 5.41) is 23.7. The zero-order chi connectivity index (χ0) is 14.0. The molecule has 1 N–H and O–H groups in total. The Bertz CT molecular complexity index is 691. The number of non-ortho nitro benzene ring substituents is 1. The molecule has 1 aromatic heterocycles. The Hall–Kier alpha value is -2.48. The van der Waals surface area contributed by atoms with Crippen molar-refractivity contribution in [1.29, 1.82) is 0 Å². The molecule has 0 aliphatic heterocycles. The molecule has 98 valence electrons. The average Bonchev–Trinajstić information content (AvgIpc) is 2.77. The van der Waals surface area contributed by atoms with Gasteiger partial charge in [-0.05, 0) is 12.1 Å². The largest absolute Gasteiger partial charge is 0.476 e. The molecule has 7 nitrogen and oxygen atoms in total. The average molecular weight is 280 g/mol. The summed E-state index contributed by atoms with van der Waals surface area (Å²) in [5.74, 6) is -1.25. The van der Waals surface area contributed by atoms with E-state index in [9.17, 15) is 14.9 Å². The zero-order valence-corrected chi connectivity index (χ0v) is 10.5. The van der Waals surface area contributed by atoms with Crippen molar-refractivity contribution in [2.75, 3.05) is 7.11 Å². The summed E-state index contributed by atoms with van der Waals surface area (Å²) >= 11 is 1.11. The standard InChI is InChI=1S/C11H8N2O5S/c1-18-12-10(11(14)15)9-5-6-7(13(16)17)3-2-4-8(6)19-9/h2-5H,1H3,(H,14,15). The fourth-order valence-corrected chi connectivity index (χ4v) is 2.66. The monoisotopic (exact) mass is 280 g/mol. The van der Waals surface area contributed by atoms with Gasteiger partial charge in [0.1, 0.15) is 7.11 Å². The topological polar surface area (TPSA) is 102 Å². The minimum absolute atomic E-state index is 0.0674. The van der Waals surface area contributed by atoms with Gasteiger partial charge >= 0.3 is 5.97 Å². The molecule has 0 saturated heterocycles. The lowest BCUT2D eigenvalue weighted by Crippen LogP contribution is -2.13. The molecule has 1 heterocycles. The van der Waals surface area contributed by atoms with Gasteiger partial charge in [0.05, 0.1) is 15.2 Å². The molecule has 0 atom stereocenters. The highest BCUT2D eigenvalue weighted by atomic mass is 32.1. The molecule has 0 spiro atoms. The van der Waals surface area contributed by atoms with Crippen LogP contribution in [0.1, 0.15) is 4.88 Å². The third-order valence-electron chi connectivity index (χ3n) is 2.35. The first-order chi connectivity index (χ1) is 9.04. The van der Waals surface area contributed by atoms with Gasteiger partial charge in [0.2, 0.25) is 5.71 Å². The Morgan fingerprint density at radius 1 is 1.53 bits per heavy atom. The van der Waals surface area contributed by atoms with E-state index in [1.807, 2.05) is 0 Å². The van der Waals surface area contributed by atoms with E-state index >= 15 is 0 Å². The minimum Gasteiger partial charge on any atom is -0.476 e.